The highest BCUT2D eigenvalue weighted by molar-refractivity contribution is 7.91. The lowest BCUT2D eigenvalue weighted by Crippen LogP contribution is -2.16. The van der Waals surface area contributed by atoms with Gasteiger partial charge in [0.05, 0.1) is 18.6 Å². The summed E-state index contributed by atoms with van der Waals surface area (Å²) in [4.78, 5) is 0.293. The molecule has 88 valence electrons. The van der Waals surface area contributed by atoms with Crippen LogP contribution < -0.4 is 10.1 Å². The van der Waals surface area contributed by atoms with E-state index < -0.39 is 9.84 Å². The molecular weight excluding hydrogens is 226 g/mol. The van der Waals surface area contributed by atoms with Gasteiger partial charge in [-0.15, -0.1) is 0 Å². The molecule has 0 radical (unpaired) electrons. The quantitative estimate of drug-likeness (QED) is 0.810. The number of nitrogens with one attached hydrogen (secondary N) is 1. The Morgan fingerprint density at radius 1 is 1.44 bits per heavy atom. The van der Waals surface area contributed by atoms with Gasteiger partial charge in [-0.1, -0.05) is 13.0 Å². The maximum atomic E-state index is 12.2. The van der Waals surface area contributed by atoms with E-state index >= 15 is 0 Å². The maximum absolute atomic E-state index is 12.2. The average Bonchev–Trinajstić information content (AvgIpc) is 2.35. The van der Waals surface area contributed by atoms with Gasteiger partial charge in [-0.25, -0.2) is 8.42 Å². The highest BCUT2D eigenvalue weighted by Gasteiger charge is 2.28. The molecule has 5 heteroatoms. The number of hydrogen-bond donors (Lipinski definition) is 1. The first-order chi connectivity index (χ1) is 7.54. The number of fused-ring (bicyclic) bond motifs is 1. The summed E-state index contributed by atoms with van der Waals surface area (Å²) < 4.78 is 29.4. The lowest BCUT2D eigenvalue weighted by atomic mass is 10.2. The van der Waals surface area contributed by atoms with Gasteiger partial charge in [-0.3, -0.25) is 0 Å². The molecule has 1 N–H and O–H groups in total. The summed E-state index contributed by atoms with van der Waals surface area (Å²) in [6.07, 6.45) is 0. The van der Waals surface area contributed by atoms with Crippen molar-refractivity contribution >= 4 is 15.5 Å². The van der Waals surface area contributed by atoms with Gasteiger partial charge in [-0.2, -0.15) is 0 Å². The minimum atomic E-state index is -3.26. The van der Waals surface area contributed by atoms with Crippen LogP contribution in [0, 0.1) is 5.92 Å². The summed E-state index contributed by atoms with van der Waals surface area (Å²) in [5.41, 5.74) is 0.642. The lowest BCUT2D eigenvalue weighted by molar-refractivity contribution is 0.403. The topological polar surface area (TPSA) is 55.4 Å². The predicted octanol–water partition coefficient (Wildman–Crippen LogP) is 1.53. The third-order valence-corrected chi connectivity index (χ3v) is 4.71. The van der Waals surface area contributed by atoms with E-state index in [1.807, 2.05) is 6.92 Å². The van der Waals surface area contributed by atoms with Crippen molar-refractivity contribution in [3.8, 4) is 5.75 Å². The number of anilines is 1. The minimum Gasteiger partial charge on any atom is -0.495 e. The molecule has 0 saturated heterocycles. The fraction of sp³-hybridized carbons (Fsp3) is 0.455. The zero-order valence-electron chi connectivity index (χ0n) is 9.36. The maximum Gasteiger partial charge on any atom is 0.184 e. The molecule has 4 nitrogen and oxygen atoms in total. The lowest BCUT2D eigenvalue weighted by Gasteiger charge is -2.11. The zero-order chi connectivity index (χ0) is 11.8. The molecule has 1 aromatic carbocycles. The molecule has 2 rings (SSSR count). The number of hydrogen-bond acceptors (Lipinski definition) is 4. The van der Waals surface area contributed by atoms with E-state index in [0.29, 0.717) is 22.9 Å². The first-order valence-corrected chi connectivity index (χ1v) is 6.83. The van der Waals surface area contributed by atoms with Gasteiger partial charge in [0.15, 0.2) is 9.84 Å². The fourth-order valence-corrected chi connectivity index (χ4v) is 3.90. The molecule has 0 saturated carbocycles. The first-order valence-electron chi connectivity index (χ1n) is 5.18. The molecule has 1 atom stereocenters. The molecule has 1 unspecified atom stereocenters. The summed E-state index contributed by atoms with van der Waals surface area (Å²) in [5, 5.41) is 3.15. The van der Waals surface area contributed by atoms with Crippen molar-refractivity contribution in [2.45, 2.75) is 11.8 Å². The van der Waals surface area contributed by atoms with Crippen LogP contribution in [-0.2, 0) is 9.84 Å². The summed E-state index contributed by atoms with van der Waals surface area (Å²) in [5.74, 6) is 0.675. The monoisotopic (exact) mass is 241 g/mol. The van der Waals surface area contributed by atoms with Crippen molar-refractivity contribution in [1.29, 1.82) is 0 Å². The van der Waals surface area contributed by atoms with Crippen LogP contribution >= 0.6 is 0 Å². The van der Waals surface area contributed by atoms with Crippen LogP contribution in [-0.4, -0.2) is 27.8 Å². The Balaban J connectivity index is 2.65. The third-order valence-electron chi connectivity index (χ3n) is 2.65. The molecule has 1 heterocycles. The Morgan fingerprint density at radius 3 is 2.88 bits per heavy atom. The van der Waals surface area contributed by atoms with E-state index in [-0.39, 0.29) is 11.7 Å². The zero-order valence-corrected chi connectivity index (χ0v) is 10.2. The molecule has 1 aliphatic heterocycles. The average molecular weight is 241 g/mol. The molecule has 0 aromatic heterocycles. The van der Waals surface area contributed by atoms with Crippen molar-refractivity contribution in [3.05, 3.63) is 18.2 Å². The van der Waals surface area contributed by atoms with Crippen LogP contribution in [0.1, 0.15) is 6.92 Å². The van der Waals surface area contributed by atoms with Gasteiger partial charge in [0.2, 0.25) is 0 Å². The smallest absolute Gasteiger partial charge is 0.184 e. The van der Waals surface area contributed by atoms with Gasteiger partial charge in [-0.05, 0) is 18.1 Å². The highest BCUT2D eigenvalue weighted by Crippen LogP contribution is 2.34. The molecule has 1 aromatic rings. The Morgan fingerprint density at radius 2 is 2.19 bits per heavy atom. The van der Waals surface area contributed by atoms with Crippen molar-refractivity contribution in [2.24, 2.45) is 5.92 Å². The van der Waals surface area contributed by atoms with Crippen molar-refractivity contribution in [3.63, 3.8) is 0 Å². The van der Waals surface area contributed by atoms with Gasteiger partial charge < -0.3 is 10.1 Å². The van der Waals surface area contributed by atoms with E-state index in [4.69, 9.17) is 4.74 Å². The molecule has 0 spiro atoms. The molecular formula is C11H15NO3S. The standard InChI is InChI=1S/C11H15NO3S/c1-8-6-12-9-4-3-5-10(15-2)11(9)16(13,14)7-8/h3-5,8,12H,6-7H2,1-2H3. The SMILES string of the molecule is COc1cccc2c1S(=O)(=O)CC(C)CN2. The number of benzene rings is 1. The molecule has 0 aliphatic carbocycles. The summed E-state index contributed by atoms with van der Waals surface area (Å²) in [7, 11) is -1.77. The van der Waals surface area contributed by atoms with Crippen molar-refractivity contribution in [1.82, 2.24) is 0 Å². The predicted molar refractivity (Wildman–Crippen MR) is 62.7 cm³/mol. The van der Waals surface area contributed by atoms with Gasteiger partial charge in [0, 0.05) is 6.54 Å². The Labute approximate surface area is 95.5 Å². The van der Waals surface area contributed by atoms with E-state index in [2.05, 4.69) is 5.32 Å². The number of ether oxygens (including phenoxy) is 1. The molecule has 16 heavy (non-hydrogen) atoms. The fourth-order valence-electron chi connectivity index (χ4n) is 1.94. The molecule has 1 aliphatic rings. The van der Waals surface area contributed by atoms with E-state index in [1.165, 1.54) is 7.11 Å². The number of sulfone groups is 1. The van der Waals surface area contributed by atoms with E-state index in [9.17, 15) is 8.42 Å². The first kappa shape index (κ1) is 11.3. The van der Waals surface area contributed by atoms with Crippen LogP contribution in [0.25, 0.3) is 0 Å². The summed E-state index contributed by atoms with van der Waals surface area (Å²) in [6.45, 7) is 2.59. The van der Waals surface area contributed by atoms with Gasteiger partial charge in [0.25, 0.3) is 0 Å². The van der Waals surface area contributed by atoms with Crippen LogP contribution in [0.2, 0.25) is 0 Å². The second-order valence-corrected chi connectivity index (χ2v) is 6.08. The largest absolute Gasteiger partial charge is 0.495 e. The van der Waals surface area contributed by atoms with Gasteiger partial charge in [0.1, 0.15) is 10.6 Å². The molecule has 0 fully saturated rings. The second-order valence-electron chi connectivity index (χ2n) is 4.10. The minimum absolute atomic E-state index is 0.0992. The van der Waals surface area contributed by atoms with Crippen LogP contribution in [0.3, 0.4) is 0 Å². The van der Waals surface area contributed by atoms with Crippen LogP contribution in [0.15, 0.2) is 23.1 Å². The Hall–Kier alpha value is -1.23. The van der Waals surface area contributed by atoms with E-state index in [0.717, 1.165) is 0 Å². The van der Waals surface area contributed by atoms with Crippen LogP contribution in [0.4, 0.5) is 5.69 Å². The Kier molecular flexibility index (Phi) is 2.80. The van der Waals surface area contributed by atoms with Crippen molar-refractivity contribution in [2.75, 3.05) is 24.7 Å². The Bertz CT molecular complexity index is 496. The number of rotatable bonds is 1. The third kappa shape index (κ3) is 1.87. The van der Waals surface area contributed by atoms with E-state index in [1.54, 1.807) is 18.2 Å². The van der Waals surface area contributed by atoms with Crippen molar-refractivity contribution < 1.29 is 13.2 Å². The molecule has 0 bridgehead atoms. The number of methoxy groups -OCH3 is 1. The summed E-state index contributed by atoms with van der Waals surface area (Å²) in [6, 6.07) is 5.23. The van der Waals surface area contributed by atoms with Gasteiger partial charge >= 0.3 is 0 Å². The molecule has 0 amide bonds. The highest BCUT2D eigenvalue weighted by atomic mass is 32.2. The van der Waals surface area contributed by atoms with Crippen LogP contribution in [0.5, 0.6) is 5.75 Å². The summed E-state index contributed by atoms with van der Waals surface area (Å²) >= 11 is 0. The second kappa shape index (κ2) is 3.97. The normalized spacial score (nSPS) is 22.8.